The first kappa shape index (κ1) is 16.5. The zero-order chi connectivity index (χ0) is 16.6. The lowest BCUT2D eigenvalue weighted by molar-refractivity contribution is -0.173. The van der Waals surface area contributed by atoms with Crippen molar-refractivity contribution in [1.29, 1.82) is 0 Å². The highest BCUT2D eigenvalue weighted by Crippen LogP contribution is 2.52. The molecule has 2 heterocycles. The van der Waals surface area contributed by atoms with Crippen LogP contribution in [0.5, 0.6) is 0 Å². The van der Waals surface area contributed by atoms with Crippen LogP contribution >= 0.6 is 0 Å². The van der Waals surface area contributed by atoms with E-state index in [0.29, 0.717) is 5.92 Å². The van der Waals surface area contributed by atoms with Crippen molar-refractivity contribution in [2.45, 2.75) is 65.1 Å². The number of imidazole rings is 1. The maximum Gasteiger partial charge on any atom is 0.223 e. The summed E-state index contributed by atoms with van der Waals surface area (Å²) in [6.07, 6.45) is 7.78. The maximum atomic E-state index is 12.8. The highest BCUT2D eigenvalue weighted by Gasteiger charge is 2.59. The number of amides is 1. The number of ether oxygens (including phenoxy) is 1. The molecule has 0 spiro atoms. The van der Waals surface area contributed by atoms with Gasteiger partial charge < -0.3 is 14.6 Å². The SMILES string of the molecule is CCC1(CC)[C@H](NC(=O)[C@@H]2CCn3ccnc3C2)[C@H](C)[C@H]1OC. The first-order chi connectivity index (χ1) is 11.1. The number of fused-ring (bicyclic) bond motifs is 1. The number of carbonyl (C=O) groups excluding carboxylic acids is 1. The zero-order valence-corrected chi connectivity index (χ0v) is 14.7. The highest BCUT2D eigenvalue weighted by molar-refractivity contribution is 5.79. The van der Waals surface area contributed by atoms with E-state index in [9.17, 15) is 4.79 Å². The van der Waals surface area contributed by atoms with Crippen molar-refractivity contribution < 1.29 is 9.53 Å². The predicted octanol–water partition coefficient (Wildman–Crippen LogP) is 2.40. The average molecular weight is 319 g/mol. The van der Waals surface area contributed by atoms with E-state index in [4.69, 9.17) is 4.74 Å². The lowest BCUT2D eigenvalue weighted by Gasteiger charge is -2.60. The molecule has 5 heteroatoms. The van der Waals surface area contributed by atoms with Gasteiger partial charge in [0.1, 0.15) is 5.82 Å². The van der Waals surface area contributed by atoms with Crippen LogP contribution in [-0.4, -0.2) is 34.7 Å². The van der Waals surface area contributed by atoms with Crippen LogP contribution in [0.2, 0.25) is 0 Å². The fourth-order valence-electron chi connectivity index (χ4n) is 4.94. The number of nitrogens with one attached hydrogen (secondary N) is 1. The number of hydrogen-bond acceptors (Lipinski definition) is 3. The smallest absolute Gasteiger partial charge is 0.223 e. The van der Waals surface area contributed by atoms with Crippen molar-refractivity contribution in [1.82, 2.24) is 14.9 Å². The summed E-state index contributed by atoms with van der Waals surface area (Å²) in [4.78, 5) is 17.2. The Hall–Kier alpha value is -1.36. The van der Waals surface area contributed by atoms with E-state index >= 15 is 0 Å². The van der Waals surface area contributed by atoms with Crippen LogP contribution in [0.25, 0.3) is 0 Å². The predicted molar refractivity (Wildman–Crippen MR) is 88.9 cm³/mol. The highest BCUT2D eigenvalue weighted by atomic mass is 16.5. The molecule has 1 saturated carbocycles. The molecule has 128 valence electrons. The molecule has 5 nitrogen and oxygen atoms in total. The van der Waals surface area contributed by atoms with Gasteiger partial charge >= 0.3 is 0 Å². The van der Waals surface area contributed by atoms with Crippen LogP contribution in [0.4, 0.5) is 0 Å². The molecule has 0 unspecified atom stereocenters. The first-order valence-corrected chi connectivity index (χ1v) is 8.90. The molecule has 1 aromatic heterocycles. The first-order valence-electron chi connectivity index (χ1n) is 8.90. The molecule has 3 rings (SSSR count). The third kappa shape index (κ3) is 2.49. The van der Waals surface area contributed by atoms with Crippen LogP contribution < -0.4 is 5.32 Å². The molecule has 1 aliphatic carbocycles. The van der Waals surface area contributed by atoms with Gasteiger partial charge in [-0.2, -0.15) is 0 Å². The molecule has 0 radical (unpaired) electrons. The Labute approximate surface area is 138 Å². The van der Waals surface area contributed by atoms with Crippen molar-refractivity contribution in [2.24, 2.45) is 17.3 Å². The van der Waals surface area contributed by atoms with Crippen LogP contribution in [-0.2, 0) is 22.5 Å². The van der Waals surface area contributed by atoms with E-state index in [1.165, 1.54) is 0 Å². The fraction of sp³-hybridized carbons (Fsp3) is 0.778. The van der Waals surface area contributed by atoms with Gasteiger partial charge in [0.2, 0.25) is 5.91 Å². The molecule has 0 aromatic carbocycles. The summed E-state index contributed by atoms with van der Waals surface area (Å²) in [6.45, 7) is 7.49. The Kier molecular flexibility index (Phi) is 4.50. The van der Waals surface area contributed by atoms with Gasteiger partial charge in [-0.25, -0.2) is 4.98 Å². The van der Waals surface area contributed by atoms with Gasteiger partial charge in [0, 0.05) is 55.8 Å². The molecule has 1 amide bonds. The van der Waals surface area contributed by atoms with E-state index in [-0.39, 0.29) is 29.4 Å². The number of aromatic nitrogens is 2. The normalized spacial score (nSPS) is 32.0. The Bertz CT molecular complexity index is 564. The molecule has 1 fully saturated rings. The maximum absolute atomic E-state index is 12.8. The molecule has 1 N–H and O–H groups in total. The summed E-state index contributed by atoms with van der Waals surface area (Å²) in [6, 6.07) is 0.219. The molecular formula is C18H29N3O2. The minimum atomic E-state index is 0.0464. The van der Waals surface area contributed by atoms with E-state index < -0.39 is 0 Å². The second-order valence-electron chi connectivity index (χ2n) is 7.17. The van der Waals surface area contributed by atoms with Gasteiger partial charge in [-0.1, -0.05) is 20.8 Å². The van der Waals surface area contributed by atoms with Crippen LogP contribution in [0.15, 0.2) is 12.4 Å². The van der Waals surface area contributed by atoms with Gasteiger partial charge in [0.15, 0.2) is 0 Å². The molecule has 2 aliphatic rings. The summed E-state index contributed by atoms with van der Waals surface area (Å²) in [5.74, 6) is 1.64. The topological polar surface area (TPSA) is 56.2 Å². The molecule has 23 heavy (non-hydrogen) atoms. The van der Waals surface area contributed by atoms with Crippen LogP contribution in [0.3, 0.4) is 0 Å². The minimum absolute atomic E-state index is 0.0464. The summed E-state index contributed by atoms with van der Waals surface area (Å²) in [5, 5.41) is 3.36. The van der Waals surface area contributed by atoms with Crippen molar-refractivity contribution in [3.8, 4) is 0 Å². The monoisotopic (exact) mass is 319 g/mol. The van der Waals surface area contributed by atoms with Crippen molar-refractivity contribution in [2.75, 3.05) is 7.11 Å². The van der Waals surface area contributed by atoms with E-state index in [0.717, 1.165) is 38.1 Å². The van der Waals surface area contributed by atoms with Crippen molar-refractivity contribution in [3.05, 3.63) is 18.2 Å². The molecule has 1 aliphatic heterocycles. The Balaban J connectivity index is 1.68. The molecule has 0 bridgehead atoms. The van der Waals surface area contributed by atoms with Crippen molar-refractivity contribution in [3.63, 3.8) is 0 Å². The van der Waals surface area contributed by atoms with Crippen LogP contribution in [0.1, 0.15) is 45.9 Å². The number of carbonyl (C=O) groups is 1. The van der Waals surface area contributed by atoms with Gasteiger partial charge in [-0.3, -0.25) is 4.79 Å². The molecule has 1 aromatic rings. The number of aryl methyl sites for hydroxylation is 1. The standard InChI is InChI=1S/C18H29N3O2/c1-5-18(6-2)15(12(3)16(18)23-4)20-17(22)13-7-9-21-10-8-19-14(21)11-13/h8,10,12-13,15-16H,5-7,9,11H2,1-4H3,(H,20,22)/t12-,13+,15+,16+/m0/s1. The number of methoxy groups -OCH3 is 1. The third-order valence-electron chi connectivity index (χ3n) is 6.38. The zero-order valence-electron chi connectivity index (χ0n) is 14.7. The second-order valence-corrected chi connectivity index (χ2v) is 7.17. The number of rotatable bonds is 5. The number of nitrogens with zero attached hydrogens (tertiary/aromatic N) is 2. The van der Waals surface area contributed by atoms with Crippen LogP contribution in [0, 0.1) is 17.3 Å². The van der Waals surface area contributed by atoms with E-state index in [2.05, 4.69) is 35.6 Å². The lowest BCUT2D eigenvalue weighted by atomic mass is 9.53. The molecule has 0 saturated heterocycles. The quantitative estimate of drug-likeness (QED) is 0.907. The Morgan fingerprint density at radius 2 is 2.22 bits per heavy atom. The number of hydrogen-bond donors (Lipinski definition) is 1. The summed E-state index contributed by atoms with van der Waals surface area (Å²) < 4.78 is 7.88. The van der Waals surface area contributed by atoms with Gasteiger partial charge in [0.25, 0.3) is 0 Å². The van der Waals surface area contributed by atoms with E-state index in [1.807, 2.05) is 12.4 Å². The summed E-state index contributed by atoms with van der Waals surface area (Å²) in [5.41, 5.74) is 0.0803. The van der Waals surface area contributed by atoms with Gasteiger partial charge in [0.05, 0.1) is 6.10 Å². The van der Waals surface area contributed by atoms with Crippen molar-refractivity contribution >= 4 is 5.91 Å². The fourth-order valence-corrected chi connectivity index (χ4v) is 4.94. The second kappa shape index (κ2) is 6.27. The molecular weight excluding hydrogens is 290 g/mol. The van der Waals surface area contributed by atoms with Gasteiger partial charge in [-0.05, 0) is 19.3 Å². The average Bonchev–Trinajstić information content (AvgIpc) is 3.04. The third-order valence-corrected chi connectivity index (χ3v) is 6.38. The largest absolute Gasteiger partial charge is 0.380 e. The summed E-state index contributed by atoms with van der Waals surface area (Å²) >= 11 is 0. The van der Waals surface area contributed by atoms with E-state index in [1.54, 1.807) is 7.11 Å². The molecule has 4 atom stereocenters. The minimum Gasteiger partial charge on any atom is -0.380 e. The lowest BCUT2D eigenvalue weighted by Crippen LogP contribution is -2.70. The Morgan fingerprint density at radius 3 is 2.87 bits per heavy atom. The van der Waals surface area contributed by atoms with Gasteiger partial charge in [-0.15, -0.1) is 0 Å². The summed E-state index contributed by atoms with van der Waals surface area (Å²) in [7, 11) is 1.79. The Morgan fingerprint density at radius 1 is 1.48 bits per heavy atom.